The smallest absolute Gasteiger partial charge is 0.228 e. The summed E-state index contributed by atoms with van der Waals surface area (Å²) < 4.78 is 5.78. The van der Waals surface area contributed by atoms with Gasteiger partial charge >= 0.3 is 0 Å². The van der Waals surface area contributed by atoms with Gasteiger partial charge in [0.1, 0.15) is 34.0 Å². The van der Waals surface area contributed by atoms with Gasteiger partial charge in [-0.25, -0.2) is 0 Å². The number of Topliss-reactive ketones (excluding diaryl/α,β-unsaturated/α-hetero) is 2. The molecule has 2 heterocycles. The molecular weight excluding hydrogens is 488 g/mol. The van der Waals surface area contributed by atoms with Crippen LogP contribution in [0.1, 0.15) is 54.2 Å². The van der Waals surface area contributed by atoms with Crippen LogP contribution in [0.4, 0.5) is 5.69 Å². The van der Waals surface area contributed by atoms with E-state index in [-0.39, 0.29) is 58.4 Å². The van der Waals surface area contributed by atoms with Crippen molar-refractivity contribution in [3.63, 3.8) is 0 Å². The maximum Gasteiger partial charge on any atom is 0.228 e. The molecule has 9 heteroatoms. The van der Waals surface area contributed by atoms with E-state index < -0.39 is 28.5 Å². The number of ether oxygens (including phenoxy) is 1. The van der Waals surface area contributed by atoms with Crippen LogP contribution in [0.3, 0.4) is 0 Å². The third kappa shape index (κ3) is 3.53. The second-order valence-electron chi connectivity index (χ2n) is 9.99. The Morgan fingerprint density at radius 2 is 1.84 bits per heavy atom. The zero-order valence-corrected chi connectivity index (χ0v) is 21.6. The fraction of sp³-hybridized carbons (Fsp3) is 0.310. The van der Waals surface area contributed by atoms with E-state index in [1.54, 1.807) is 11.8 Å². The summed E-state index contributed by atoms with van der Waals surface area (Å²) >= 11 is 0. The van der Waals surface area contributed by atoms with Gasteiger partial charge in [-0.1, -0.05) is 18.2 Å². The first-order valence-electron chi connectivity index (χ1n) is 12.4. The van der Waals surface area contributed by atoms with Crippen LogP contribution in [0.2, 0.25) is 0 Å². The van der Waals surface area contributed by atoms with Gasteiger partial charge in [0, 0.05) is 42.5 Å². The van der Waals surface area contributed by atoms with Crippen molar-refractivity contribution in [2.75, 3.05) is 18.0 Å². The van der Waals surface area contributed by atoms with Crippen LogP contribution in [0.5, 0.6) is 17.2 Å². The number of allylic oxidation sites excluding steroid dienone is 4. The second-order valence-corrected chi connectivity index (χ2v) is 9.99. The minimum Gasteiger partial charge on any atom is -0.507 e. The van der Waals surface area contributed by atoms with E-state index in [2.05, 4.69) is 5.32 Å². The molecule has 0 saturated heterocycles. The van der Waals surface area contributed by atoms with Crippen molar-refractivity contribution < 1.29 is 34.1 Å². The van der Waals surface area contributed by atoms with Crippen LogP contribution in [-0.2, 0) is 26.2 Å². The number of rotatable bonds is 5. The number of carbonyl (C=O) groups is 4. The van der Waals surface area contributed by atoms with Gasteiger partial charge < -0.3 is 25.2 Å². The summed E-state index contributed by atoms with van der Waals surface area (Å²) in [5, 5.41) is 24.4. The van der Waals surface area contributed by atoms with Crippen LogP contribution in [-0.4, -0.2) is 46.6 Å². The summed E-state index contributed by atoms with van der Waals surface area (Å²) in [5.74, 6) is -2.75. The Labute approximate surface area is 219 Å². The molecule has 0 spiro atoms. The maximum absolute atomic E-state index is 13.8. The first kappa shape index (κ1) is 25.3. The fourth-order valence-corrected chi connectivity index (χ4v) is 5.54. The normalized spacial score (nSPS) is 20.8. The van der Waals surface area contributed by atoms with Crippen LogP contribution in [0.25, 0.3) is 0 Å². The van der Waals surface area contributed by atoms with Crippen molar-refractivity contribution in [2.45, 2.75) is 46.0 Å². The molecule has 0 bridgehead atoms. The molecular formula is C29H28N2O7. The van der Waals surface area contributed by atoms with Gasteiger partial charge in [0.2, 0.25) is 5.91 Å². The topological polar surface area (TPSA) is 133 Å². The van der Waals surface area contributed by atoms with Crippen LogP contribution in [0.15, 0.2) is 47.4 Å². The lowest BCUT2D eigenvalue weighted by Gasteiger charge is -2.29. The van der Waals surface area contributed by atoms with E-state index in [0.29, 0.717) is 12.2 Å². The number of nitrogens with one attached hydrogen (secondary N) is 1. The van der Waals surface area contributed by atoms with Gasteiger partial charge in [-0.3, -0.25) is 19.2 Å². The maximum atomic E-state index is 13.8. The number of phenolic OH excluding ortho intramolecular Hbond substituents is 2. The van der Waals surface area contributed by atoms with E-state index in [9.17, 15) is 29.4 Å². The molecule has 2 aromatic rings. The largest absolute Gasteiger partial charge is 0.507 e. The lowest BCUT2D eigenvalue weighted by molar-refractivity contribution is -0.123. The Bertz CT molecular complexity index is 1520. The number of para-hydroxylation sites is 1. The lowest BCUT2D eigenvalue weighted by atomic mass is 9.70. The number of benzene rings is 2. The summed E-state index contributed by atoms with van der Waals surface area (Å²) in [6, 6.07) is 7.76. The molecule has 0 aromatic heterocycles. The van der Waals surface area contributed by atoms with E-state index in [1.807, 2.05) is 24.3 Å². The molecule has 0 saturated carbocycles. The van der Waals surface area contributed by atoms with E-state index >= 15 is 0 Å². The standard InChI is InChI=1S/C29H28N2O7/c1-14-25(35)23(16(3)32)27-24(26(14)36)29(4)20(38-27)13-19(33)22(28(29)37)15(2)30-11-9-21(34)31-12-10-17-7-5-6-8-18(17)31/h5-8,13,30,35-36H,9-12H2,1-4H3/b22-15+/t29-/m0/s1. The van der Waals surface area contributed by atoms with Gasteiger partial charge in [-0.05, 0) is 45.7 Å². The van der Waals surface area contributed by atoms with Gasteiger partial charge in [0.15, 0.2) is 17.3 Å². The fourth-order valence-electron chi connectivity index (χ4n) is 5.54. The van der Waals surface area contributed by atoms with Crippen molar-refractivity contribution in [2.24, 2.45) is 0 Å². The summed E-state index contributed by atoms with van der Waals surface area (Å²) in [4.78, 5) is 53.8. The van der Waals surface area contributed by atoms with Gasteiger partial charge in [-0.2, -0.15) is 0 Å². The van der Waals surface area contributed by atoms with E-state index in [1.165, 1.54) is 26.8 Å². The number of aromatic hydroxyl groups is 2. The predicted octanol–water partition coefficient (Wildman–Crippen LogP) is 3.14. The van der Waals surface area contributed by atoms with Crippen LogP contribution in [0, 0.1) is 6.92 Å². The highest BCUT2D eigenvalue weighted by Gasteiger charge is 2.56. The molecule has 0 radical (unpaired) electrons. The molecule has 2 aromatic carbocycles. The molecule has 0 unspecified atom stereocenters. The predicted molar refractivity (Wildman–Crippen MR) is 138 cm³/mol. The monoisotopic (exact) mass is 516 g/mol. The Morgan fingerprint density at radius 3 is 2.55 bits per heavy atom. The molecule has 2 aliphatic heterocycles. The molecule has 1 amide bonds. The average Bonchev–Trinajstić information content (AvgIpc) is 3.42. The summed E-state index contributed by atoms with van der Waals surface area (Å²) in [6.07, 6.45) is 2.13. The van der Waals surface area contributed by atoms with Crippen molar-refractivity contribution in [3.05, 3.63) is 69.6 Å². The number of anilines is 1. The van der Waals surface area contributed by atoms with E-state index in [4.69, 9.17) is 4.74 Å². The molecule has 9 nitrogen and oxygen atoms in total. The number of hydrogen-bond donors (Lipinski definition) is 3. The van der Waals surface area contributed by atoms with Gasteiger partial charge in [0.25, 0.3) is 0 Å². The number of amides is 1. The highest BCUT2D eigenvalue weighted by Crippen LogP contribution is 2.57. The summed E-state index contributed by atoms with van der Waals surface area (Å²) in [7, 11) is 0. The Balaban J connectivity index is 1.42. The van der Waals surface area contributed by atoms with Crippen molar-refractivity contribution in [1.82, 2.24) is 5.32 Å². The molecule has 1 aliphatic carbocycles. The molecule has 5 rings (SSSR count). The zero-order chi connectivity index (χ0) is 27.5. The Hall–Kier alpha value is -4.40. The van der Waals surface area contributed by atoms with Crippen molar-refractivity contribution in [1.29, 1.82) is 0 Å². The molecule has 3 aliphatic rings. The summed E-state index contributed by atoms with van der Waals surface area (Å²) in [6.45, 7) is 6.59. The zero-order valence-electron chi connectivity index (χ0n) is 21.6. The number of fused-ring (bicyclic) bond motifs is 4. The summed E-state index contributed by atoms with van der Waals surface area (Å²) in [5.41, 5.74) is 0.532. The SMILES string of the molecule is CC(=O)c1c(O)c(C)c(O)c2c1OC1=CC(=O)/C(=C(/C)NCCC(=O)N3CCc4ccccc43)C(=O)[C@@]12C. The molecule has 3 N–H and O–H groups in total. The first-order valence-corrected chi connectivity index (χ1v) is 12.4. The average molecular weight is 517 g/mol. The molecule has 196 valence electrons. The molecule has 0 fully saturated rings. The van der Waals surface area contributed by atoms with Crippen LogP contribution >= 0.6 is 0 Å². The van der Waals surface area contributed by atoms with Crippen molar-refractivity contribution >= 4 is 28.9 Å². The Morgan fingerprint density at radius 1 is 1.13 bits per heavy atom. The highest BCUT2D eigenvalue weighted by molar-refractivity contribution is 6.31. The molecule has 1 atom stereocenters. The van der Waals surface area contributed by atoms with Crippen LogP contribution < -0.4 is 15.0 Å². The van der Waals surface area contributed by atoms with E-state index in [0.717, 1.165) is 17.7 Å². The number of phenols is 2. The van der Waals surface area contributed by atoms with Gasteiger partial charge in [0.05, 0.1) is 11.1 Å². The number of ketones is 3. The number of carbonyl (C=O) groups excluding carboxylic acids is 4. The van der Waals surface area contributed by atoms with Crippen molar-refractivity contribution in [3.8, 4) is 17.2 Å². The number of hydrogen-bond acceptors (Lipinski definition) is 8. The molecule has 38 heavy (non-hydrogen) atoms. The lowest BCUT2D eigenvalue weighted by Crippen LogP contribution is -2.41. The highest BCUT2D eigenvalue weighted by atomic mass is 16.5. The minimum absolute atomic E-state index is 0.0234. The first-order chi connectivity index (χ1) is 18.0. The minimum atomic E-state index is -1.58. The second kappa shape index (κ2) is 8.86. The van der Waals surface area contributed by atoms with Gasteiger partial charge in [-0.15, -0.1) is 0 Å². The Kier molecular flexibility index (Phi) is 5.89. The third-order valence-electron chi connectivity index (χ3n) is 7.68. The quantitative estimate of drug-likeness (QED) is 0.314. The number of nitrogens with zero attached hydrogens (tertiary/aromatic N) is 1. The third-order valence-corrected chi connectivity index (χ3v) is 7.68.